The van der Waals surface area contributed by atoms with Gasteiger partial charge in [0.15, 0.2) is 0 Å². The van der Waals surface area contributed by atoms with E-state index in [1.54, 1.807) is 7.11 Å². The SMILES string of the molecule is CNC(CCc1ccc(OC)cc1)CC1CCOC1. The molecule has 0 amide bonds. The third-order valence-electron chi connectivity index (χ3n) is 3.99. The number of aryl methyl sites for hydroxylation is 1. The van der Waals surface area contributed by atoms with Gasteiger partial charge in [-0.2, -0.15) is 0 Å². The number of rotatable bonds is 7. The predicted molar refractivity (Wildman–Crippen MR) is 77.7 cm³/mol. The second-order valence-electron chi connectivity index (χ2n) is 5.34. The Morgan fingerprint density at radius 2 is 2.16 bits per heavy atom. The molecule has 0 spiro atoms. The number of ether oxygens (including phenoxy) is 2. The van der Waals surface area contributed by atoms with Gasteiger partial charge in [0.2, 0.25) is 0 Å². The summed E-state index contributed by atoms with van der Waals surface area (Å²) in [6.45, 7) is 1.89. The van der Waals surface area contributed by atoms with E-state index in [1.807, 2.05) is 12.1 Å². The summed E-state index contributed by atoms with van der Waals surface area (Å²) in [6.07, 6.45) is 4.75. The van der Waals surface area contributed by atoms with E-state index in [4.69, 9.17) is 9.47 Å². The minimum Gasteiger partial charge on any atom is -0.497 e. The van der Waals surface area contributed by atoms with Gasteiger partial charge >= 0.3 is 0 Å². The number of hydrogen-bond donors (Lipinski definition) is 1. The average Bonchev–Trinajstić information content (AvgIpc) is 2.97. The summed E-state index contributed by atoms with van der Waals surface area (Å²) in [5.41, 5.74) is 1.38. The van der Waals surface area contributed by atoms with Crippen LogP contribution in [0.15, 0.2) is 24.3 Å². The quantitative estimate of drug-likeness (QED) is 0.820. The highest BCUT2D eigenvalue weighted by Crippen LogP contribution is 2.20. The van der Waals surface area contributed by atoms with Crippen molar-refractivity contribution in [3.05, 3.63) is 29.8 Å². The molecule has 2 atom stereocenters. The summed E-state index contributed by atoms with van der Waals surface area (Å²) in [5.74, 6) is 1.67. The van der Waals surface area contributed by atoms with Crippen molar-refractivity contribution in [2.75, 3.05) is 27.4 Å². The van der Waals surface area contributed by atoms with Crippen molar-refractivity contribution in [1.29, 1.82) is 0 Å². The lowest BCUT2D eigenvalue weighted by Gasteiger charge is -2.19. The maximum absolute atomic E-state index is 5.45. The highest BCUT2D eigenvalue weighted by molar-refractivity contribution is 5.27. The highest BCUT2D eigenvalue weighted by Gasteiger charge is 2.19. The molecule has 1 saturated heterocycles. The van der Waals surface area contributed by atoms with Gasteiger partial charge in [0.05, 0.1) is 7.11 Å². The lowest BCUT2D eigenvalue weighted by Crippen LogP contribution is -2.28. The molecule has 0 aliphatic carbocycles. The number of hydrogen-bond acceptors (Lipinski definition) is 3. The monoisotopic (exact) mass is 263 g/mol. The third-order valence-corrected chi connectivity index (χ3v) is 3.99. The highest BCUT2D eigenvalue weighted by atomic mass is 16.5. The summed E-state index contributed by atoms with van der Waals surface area (Å²) < 4.78 is 10.6. The van der Waals surface area contributed by atoms with Crippen LogP contribution in [0.5, 0.6) is 5.75 Å². The molecule has 1 fully saturated rings. The predicted octanol–water partition coefficient (Wildman–Crippen LogP) is 2.64. The molecule has 0 radical (unpaired) electrons. The lowest BCUT2D eigenvalue weighted by atomic mass is 9.95. The van der Waals surface area contributed by atoms with Gasteiger partial charge in [-0.05, 0) is 56.3 Å². The summed E-state index contributed by atoms with van der Waals surface area (Å²) >= 11 is 0. The van der Waals surface area contributed by atoms with Gasteiger partial charge in [-0.15, -0.1) is 0 Å². The van der Waals surface area contributed by atoms with Gasteiger partial charge in [-0.3, -0.25) is 0 Å². The van der Waals surface area contributed by atoms with Crippen LogP contribution in [0.1, 0.15) is 24.8 Å². The van der Waals surface area contributed by atoms with E-state index in [0.717, 1.165) is 31.3 Å². The van der Waals surface area contributed by atoms with E-state index >= 15 is 0 Å². The molecule has 1 aliphatic rings. The van der Waals surface area contributed by atoms with Gasteiger partial charge in [0, 0.05) is 19.3 Å². The zero-order valence-corrected chi connectivity index (χ0v) is 12.0. The number of nitrogens with one attached hydrogen (secondary N) is 1. The van der Waals surface area contributed by atoms with Crippen molar-refractivity contribution in [1.82, 2.24) is 5.32 Å². The van der Waals surface area contributed by atoms with Gasteiger partial charge < -0.3 is 14.8 Å². The molecule has 3 heteroatoms. The average molecular weight is 263 g/mol. The fraction of sp³-hybridized carbons (Fsp3) is 0.625. The van der Waals surface area contributed by atoms with Gasteiger partial charge in [0.25, 0.3) is 0 Å². The molecular formula is C16H25NO2. The topological polar surface area (TPSA) is 30.5 Å². The Balaban J connectivity index is 1.77. The Bertz CT molecular complexity index is 358. The van der Waals surface area contributed by atoms with E-state index in [0.29, 0.717) is 6.04 Å². The molecule has 0 aromatic heterocycles. The van der Waals surface area contributed by atoms with Crippen molar-refractivity contribution < 1.29 is 9.47 Å². The first-order chi connectivity index (χ1) is 9.31. The van der Waals surface area contributed by atoms with Gasteiger partial charge in [-0.25, -0.2) is 0 Å². The van der Waals surface area contributed by atoms with Crippen molar-refractivity contribution in [3.63, 3.8) is 0 Å². The molecule has 0 saturated carbocycles. The second kappa shape index (κ2) is 7.51. The number of benzene rings is 1. The van der Waals surface area contributed by atoms with Crippen LogP contribution in [-0.2, 0) is 11.2 Å². The van der Waals surface area contributed by atoms with Crippen LogP contribution in [0, 0.1) is 5.92 Å². The van der Waals surface area contributed by atoms with Crippen LogP contribution in [0.3, 0.4) is 0 Å². The maximum atomic E-state index is 5.45. The molecule has 19 heavy (non-hydrogen) atoms. The van der Waals surface area contributed by atoms with Crippen molar-refractivity contribution in [3.8, 4) is 5.75 Å². The fourth-order valence-corrected chi connectivity index (χ4v) is 2.68. The van der Waals surface area contributed by atoms with Crippen LogP contribution >= 0.6 is 0 Å². The van der Waals surface area contributed by atoms with Crippen molar-refractivity contribution >= 4 is 0 Å². The minimum absolute atomic E-state index is 0.591. The van der Waals surface area contributed by atoms with E-state index in [9.17, 15) is 0 Å². The Labute approximate surface area is 116 Å². The molecule has 1 aliphatic heterocycles. The first-order valence-electron chi connectivity index (χ1n) is 7.19. The molecule has 106 valence electrons. The Kier molecular flexibility index (Phi) is 5.67. The minimum atomic E-state index is 0.591. The molecule has 1 aromatic rings. The van der Waals surface area contributed by atoms with Gasteiger partial charge in [0.1, 0.15) is 5.75 Å². The van der Waals surface area contributed by atoms with E-state index in [2.05, 4.69) is 24.5 Å². The first-order valence-corrected chi connectivity index (χ1v) is 7.19. The van der Waals surface area contributed by atoms with Crippen LogP contribution in [0.2, 0.25) is 0 Å². The fourth-order valence-electron chi connectivity index (χ4n) is 2.68. The molecule has 2 unspecified atom stereocenters. The van der Waals surface area contributed by atoms with Crippen LogP contribution in [0.25, 0.3) is 0 Å². The van der Waals surface area contributed by atoms with E-state index < -0.39 is 0 Å². The smallest absolute Gasteiger partial charge is 0.118 e. The Morgan fingerprint density at radius 3 is 2.74 bits per heavy atom. The van der Waals surface area contributed by atoms with Crippen molar-refractivity contribution in [2.24, 2.45) is 5.92 Å². The van der Waals surface area contributed by atoms with E-state index in [-0.39, 0.29) is 0 Å². The summed E-state index contributed by atoms with van der Waals surface area (Å²) in [6, 6.07) is 8.98. The third kappa shape index (κ3) is 4.51. The van der Waals surface area contributed by atoms with Crippen LogP contribution in [0.4, 0.5) is 0 Å². The first kappa shape index (κ1) is 14.4. The molecular weight excluding hydrogens is 238 g/mol. The zero-order chi connectivity index (χ0) is 13.5. The van der Waals surface area contributed by atoms with Gasteiger partial charge in [-0.1, -0.05) is 12.1 Å². The van der Waals surface area contributed by atoms with E-state index in [1.165, 1.54) is 24.8 Å². The maximum Gasteiger partial charge on any atom is 0.118 e. The van der Waals surface area contributed by atoms with Crippen molar-refractivity contribution in [2.45, 2.75) is 31.7 Å². The molecule has 1 N–H and O–H groups in total. The summed E-state index contributed by atoms with van der Waals surface area (Å²) in [4.78, 5) is 0. The summed E-state index contributed by atoms with van der Waals surface area (Å²) in [5, 5.41) is 3.44. The lowest BCUT2D eigenvalue weighted by molar-refractivity contribution is 0.181. The standard InChI is InChI=1S/C16H25NO2/c1-17-15(11-14-9-10-19-12-14)6-3-13-4-7-16(18-2)8-5-13/h4-5,7-8,14-15,17H,3,6,9-12H2,1-2H3. The molecule has 1 heterocycles. The van der Waals surface area contributed by atoms with Crippen LogP contribution < -0.4 is 10.1 Å². The summed E-state index contributed by atoms with van der Waals surface area (Å²) in [7, 11) is 3.77. The Morgan fingerprint density at radius 1 is 1.37 bits per heavy atom. The largest absolute Gasteiger partial charge is 0.497 e. The zero-order valence-electron chi connectivity index (χ0n) is 12.0. The number of methoxy groups -OCH3 is 1. The van der Waals surface area contributed by atoms with Crippen LogP contribution in [-0.4, -0.2) is 33.4 Å². The Hall–Kier alpha value is -1.06. The second-order valence-corrected chi connectivity index (χ2v) is 5.34. The molecule has 0 bridgehead atoms. The molecule has 2 rings (SSSR count). The normalized spacial score (nSPS) is 20.4. The molecule has 3 nitrogen and oxygen atoms in total. The molecule has 1 aromatic carbocycles.